The van der Waals surface area contributed by atoms with Gasteiger partial charge in [0.05, 0.1) is 30.5 Å². The minimum absolute atomic E-state index is 0.000373. The zero-order valence-corrected chi connectivity index (χ0v) is 19.6. The van der Waals surface area contributed by atoms with Gasteiger partial charge in [-0.2, -0.15) is 26.3 Å². The van der Waals surface area contributed by atoms with E-state index in [4.69, 9.17) is 4.42 Å². The van der Waals surface area contributed by atoms with E-state index in [0.29, 0.717) is 30.1 Å². The lowest BCUT2D eigenvalue weighted by Crippen LogP contribution is -2.31. The molecule has 0 atom stereocenters. The van der Waals surface area contributed by atoms with Crippen molar-refractivity contribution < 1.29 is 35.6 Å². The molecule has 0 fully saturated rings. The molecular weight excluding hydrogens is 498 g/mol. The number of nitrogens with zero attached hydrogens (tertiary/aromatic N) is 2. The van der Waals surface area contributed by atoms with Crippen LogP contribution in [0, 0.1) is 6.92 Å². The van der Waals surface area contributed by atoms with Crippen LogP contribution in [0.5, 0.6) is 0 Å². The molecule has 0 spiro atoms. The van der Waals surface area contributed by atoms with E-state index in [1.165, 1.54) is 6.26 Å². The first-order valence-corrected chi connectivity index (χ1v) is 11.2. The summed E-state index contributed by atoms with van der Waals surface area (Å²) in [6, 6.07) is 15.3. The Kier molecular flexibility index (Phi) is 7.20. The van der Waals surface area contributed by atoms with Gasteiger partial charge in [-0.15, -0.1) is 0 Å². The van der Waals surface area contributed by atoms with Gasteiger partial charge in [-0.1, -0.05) is 29.8 Å². The SMILES string of the molecule is Cc1ccc(Cn2cccc2CN(Cc2ccco2)C(=O)c2cc(C(F)(F)F)cc(C(F)(F)F)c2)cc1. The first kappa shape index (κ1) is 26.1. The molecule has 2 aromatic heterocycles. The molecule has 4 rings (SSSR count). The second-order valence-corrected chi connectivity index (χ2v) is 8.65. The quantitative estimate of drug-likeness (QED) is 0.240. The van der Waals surface area contributed by atoms with Gasteiger partial charge in [0.15, 0.2) is 0 Å². The standard InChI is InChI=1S/C27H22F6N2O2/c1-18-6-8-19(9-7-18)15-34-10-2-4-23(34)16-35(17-24-5-3-11-37-24)25(36)20-12-21(26(28,29)30)14-22(13-20)27(31,32)33/h2-14H,15-17H2,1H3. The third-order valence-corrected chi connectivity index (χ3v) is 5.80. The van der Waals surface area contributed by atoms with E-state index in [1.54, 1.807) is 30.5 Å². The molecule has 4 aromatic rings. The average molecular weight is 520 g/mol. The summed E-state index contributed by atoms with van der Waals surface area (Å²) in [7, 11) is 0. The molecule has 0 bridgehead atoms. The number of rotatable bonds is 7. The highest BCUT2D eigenvalue weighted by molar-refractivity contribution is 5.94. The number of carbonyl (C=O) groups is 1. The van der Waals surface area contributed by atoms with Crippen LogP contribution >= 0.6 is 0 Å². The van der Waals surface area contributed by atoms with Gasteiger partial charge in [0, 0.05) is 24.0 Å². The van der Waals surface area contributed by atoms with Gasteiger partial charge in [-0.3, -0.25) is 4.79 Å². The minimum atomic E-state index is -5.06. The van der Waals surface area contributed by atoms with Gasteiger partial charge >= 0.3 is 12.4 Å². The Labute approximate surface area is 208 Å². The second-order valence-electron chi connectivity index (χ2n) is 8.65. The van der Waals surface area contributed by atoms with Gasteiger partial charge in [0.25, 0.3) is 5.91 Å². The molecule has 0 aliphatic heterocycles. The molecule has 0 aliphatic rings. The summed E-state index contributed by atoms with van der Waals surface area (Å²) < 4.78 is 87.5. The fourth-order valence-corrected chi connectivity index (χ4v) is 3.88. The second kappa shape index (κ2) is 10.2. The molecule has 0 saturated carbocycles. The van der Waals surface area contributed by atoms with Crippen LogP contribution in [-0.4, -0.2) is 15.4 Å². The van der Waals surface area contributed by atoms with E-state index in [1.807, 2.05) is 35.8 Å². The molecule has 2 aromatic carbocycles. The molecule has 4 nitrogen and oxygen atoms in total. The highest BCUT2D eigenvalue weighted by atomic mass is 19.4. The van der Waals surface area contributed by atoms with E-state index in [0.717, 1.165) is 16.0 Å². The van der Waals surface area contributed by atoms with E-state index in [-0.39, 0.29) is 19.2 Å². The molecule has 0 aliphatic carbocycles. The molecule has 2 heterocycles. The van der Waals surface area contributed by atoms with E-state index in [2.05, 4.69) is 0 Å². The molecule has 194 valence electrons. The summed E-state index contributed by atoms with van der Waals surface area (Å²) in [4.78, 5) is 14.6. The smallest absolute Gasteiger partial charge is 0.416 e. The highest BCUT2D eigenvalue weighted by Gasteiger charge is 2.38. The lowest BCUT2D eigenvalue weighted by Gasteiger charge is -2.24. The van der Waals surface area contributed by atoms with E-state index >= 15 is 0 Å². The summed E-state index contributed by atoms with van der Waals surface area (Å²) in [5, 5.41) is 0. The van der Waals surface area contributed by atoms with Crippen molar-refractivity contribution in [3.05, 3.63) is 118 Å². The Hall–Kier alpha value is -3.95. The molecule has 37 heavy (non-hydrogen) atoms. The Balaban J connectivity index is 1.69. The predicted molar refractivity (Wildman–Crippen MR) is 123 cm³/mol. The summed E-state index contributed by atoms with van der Waals surface area (Å²) in [6.45, 7) is 2.20. The highest BCUT2D eigenvalue weighted by Crippen LogP contribution is 2.36. The van der Waals surface area contributed by atoms with Gasteiger partial charge in [0.1, 0.15) is 5.76 Å². The normalized spacial score (nSPS) is 12.1. The van der Waals surface area contributed by atoms with Crippen molar-refractivity contribution in [2.45, 2.75) is 38.9 Å². The van der Waals surface area contributed by atoms with E-state index in [9.17, 15) is 31.1 Å². The number of aryl methyl sites for hydroxylation is 1. The topological polar surface area (TPSA) is 38.4 Å². The van der Waals surface area contributed by atoms with Crippen LogP contribution in [0.4, 0.5) is 26.3 Å². The van der Waals surface area contributed by atoms with Gasteiger partial charge in [-0.05, 0) is 55.0 Å². The lowest BCUT2D eigenvalue weighted by molar-refractivity contribution is -0.143. The lowest BCUT2D eigenvalue weighted by atomic mass is 10.0. The summed E-state index contributed by atoms with van der Waals surface area (Å²) in [5.41, 5.74) is -1.10. The Bertz CT molecular complexity index is 1320. The Morgan fingerprint density at radius 3 is 2.08 bits per heavy atom. The van der Waals surface area contributed by atoms with Gasteiger partial charge in [-0.25, -0.2) is 0 Å². The molecule has 0 N–H and O–H groups in total. The summed E-state index contributed by atoms with van der Waals surface area (Å²) in [6.07, 6.45) is -6.98. The number of amides is 1. The van der Waals surface area contributed by atoms with Gasteiger partial charge < -0.3 is 13.9 Å². The first-order chi connectivity index (χ1) is 17.4. The van der Waals surface area contributed by atoms with Gasteiger partial charge in [0.2, 0.25) is 0 Å². The molecule has 0 radical (unpaired) electrons. The van der Waals surface area contributed by atoms with Crippen molar-refractivity contribution >= 4 is 5.91 Å². The van der Waals surface area contributed by atoms with E-state index < -0.39 is 35.0 Å². The molecule has 1 amide bonds. The number of carbonyl (C=O) groups excluding carboxylic acids is 1. The molecule has 10 heteroatoms. The fraction of sp³-hybridized carbons (Fsp3) is 0.222. The molecule has 0 unspecified atom stereocenters. The maximum absolute atomic E-state index is 13.4. The maximum Gasteiger partial charge on any atom is 0.416 e. The molecular formula is C27H22F6N2O2. The number of furan rings is 1. The number of benzene rings is 2. The first-order valence-electron chi connectivity index (χ1n) is 11.2. The average Bonchev–Trinajstić information content (AvgIpc) is 3.50. The van der Waals surface area contributed by atoms with Crippen molar-refractivity contribution in [3.8, 4) is 0 Å². The van der Waals surface area contributed by atoms with Crippen molar-refractivity contribution in [2.24, 2.45) is 0 Å². The zero-order valence-electron chi connectivity index (χ0n) is 19.6. The Morgan fingerprint density at radius 2 is 1.51 bits per heavy atom. The minimum Gasteiger partial charge on any atom is -0.467 e. The van der Waals surface area contributed by atoms with Crippen LogP contribution in [0.15, 0.2) is 83.6 Å². The van der Waals surface area contributed by atoms with Crippen LogP contribution in [-0.2, 0) is 32.0 Å². The number of hydrogen-bond donors (Lipinski definition) is 0. The van der Waals surface area contributed by atoms with Crippen LogP contribution < -0.4 is 0 Å². The number of halogens is 6. The van der Waals surface area contributed by atoms with Crippen molar-refractivity contribution in [1.82, 2.24) is 9.47 Å². The fourth-order valence-electron chi connectivity index (χ4n) is 3.88. The zero-order chi connectivity index (χ0) is 26.8. The number of alkyl halides is 6. The van der Waals surface area contributed by atoms with Crippen molar-refractivity contribution in [3.63, 3.8) is 0 Å². The van der Waals surface area contributed by atoms with Crippen LogP contribution in [0.2, 0.25) is 0 Å². The third kappa shape index (κ3) is 6.44. The largest absolute Gasteiger partial charge is 0.467 e. The van der Waals surface area contributed by atoms with Crippen molar-refractivity contribution in [1.29, 1.82) is 0 Å². The molecule has 0 saturated heterocycles. The maximum atomic E-state index is 13.4. The Morgan fingerprint density at radius 1 is 0.865 bits per heavy atom. The van der Waals surface area contributed by atoms with Crippen molar-refractivity contribution in [2.75, 3.05) is 0 Å². The predicted octanol–water partition coefficient (Wildman–Crippen LogP) is 7.32. The summed E-state index contributed by atoms with van der Waals surface area (Å²) in [5.74, 6) is -0.663. The third-order valence-electron chi connectivity index (χ3n) is 5.80. The summed E-state index contributed by atoms with van der Waals surface area (Å²) >= 11 is 0. The monoisotopic (exact) mass is 520 g/mol. The number of hydrogen-bond acceptors (Lipinski definition) is 2. The number of aromatic nitrogens is 1. The van der Waals surface area contributed by atoms with Crippen LogP contribution in [0.1, 0.15) is 44.1 Å². The van der Waals surface area contributed by atoms with Crippen LogP contribution in [0.3, 0.4) is 0 Å². The van der Waals surface area contributed by atoms with Crippen LogP contribution in [0.25, 0.3) is 0 Å².